The van der Waals surface area contributed by atoms with E-state index < -0.39 is 3.23 Å². The van der Waals surface area contributed by atoms with Gasteiger partial charge in [-0.15, -0.1) is 11.8 Å². The molecule has 2 fully saturated rings. The summed E-state index contributed by atoms with van der Waals surface area (Å²) in [4.78, 5) is 13.1. The second-order valence-corrected chi connectivity index (χ2v) is 7.10. The third kappa shape index (κ3) is 0.741. The minimum atomic E-state index is -0.443. The van der Waals surface area contributed by atoms with Gasteiger partial charge in [0.05, 0.1) is 0 Å². The van der Waals surface area contributed by atoms with Crippen molar-refractivity contribution in [2.45, 2.75) is 8.61 Å². The van der Waals surface area contributed by atoms with Crippen LogP contribution in [0, 0.1) is 0 Å². The molecule has 0 saturated carbocycles. The summed E-state index contributed by atoms with van der Waals surface area (Å²) in [5.41, 5.74) is 0. The zero-order valence-electron chi connectivity index (χ0n) is 5.01. The fourth-order valence-corrected chi connectivity index (χ4v) is 4.17. The molecule has 10 heavy (non-hydrogen) atoms. The zero-order valence-corrected chi connectivity index (χ0v) is 9.00. The molecule has 1 amide bonds. The van der Waals surface area contributed by atoms with Crippen LogP contribution in [0.5, 0.6) is 0 Å². The quantitative estimate of drug-likeness (QED) is 0.495. The average molecular weight is 287 g/mol. The van der Waals surface area contributed by atoms with Crippen LogP contribution in [0.3, 0.4) is 0 Å². The second kappa shape index (κ2) is 2.14. The average Bonchev–Trinajstić information content (AvgIpc) is 2.31. The number of amides is 1. The lowest BCUT2D eigenvalue weighted by Gasteiger charge is -2.44. The maximum atomic E-state index is 11.2. The lowest BCUT2D eigenvalue weighted by Crippen LogP contribution is -2.63. The molecule has 2 nitrogen and oxygen atoms in total. The number of nitrogens with zero attached hydrogens (tertiary/aromatic N) is 1. The Bertz CT molecular complexity index is 196. The van der Waals surface area contributed by atoms with E-state index in [9.17, 15) is 4.79 Å². The number of fused-ring (bicyclic) bond motifs is 1. The maximum absolute atomic E-state index is 11.2. The van der Waals surface area contributed by atoms with E-state index in [-0.39, 0.29) is 5.91 Å². The normalized spacial score (nSPS) is 35.6. The van der Waals surface area contributed by atoms with Crippen LogP contribution in [-0.4, -0.2) is 31.7 Å². The molecule has 2 rings (SSSR count). The largest absolute Gasteiger partial charge is 0.325 e. The number of halogens is 2. The Kier molecular flexibility index (Phi) is 1.59. The van der Waals surface area contributed by atoms with Gasteiger partial charge in [0.25, 0.3) is 5.91 Å². The molecule has 1 unspecified atom stereocenters. The summed E-state index contributed by atoms with van der Waals surface area (Å²) >= 11 is 8.50. The van der Waals surface area contributed by atoms with Crippen molar-refractivity contribution in [1.82, 2.24) is 4.90 Å². The summed E-state index contributed by atoms with van der Waals surface area (Å²) in [7, 11) is 0. The summed E-state index contributed by atoms with van der Waals surface area (Å²) in [5, 5.41) is 0.319. The zero-order chi connectivity index (χ0) is 7.35. The number of carbonyl (C=O) groups excluding carboxylic acids is 1. The number of rotatable bonds is 0. The van der Waals surface area contributed by atoms with Crippen LogP contribution < -0.4 is 0 Å². The van der Waals surface area contributed by atoms with Gasteiger partial charge in [0, 0.05) is 12.3 Å². The van der Waals surface area contributed by atoms with Crippen LogP contribution in [-0.2, 0) is 4.79 Å². The minimum absolute atomic E-state index is 0.169. The molecule has 1 atom stereocenters. The third-order valence-corrected chi connectivity index (χ3v) is 5.24. The van der Waals surface area contributed by atoms with Gasteiger partial charge in [-0.2, -0.15) is 0 Å². The molecule has 5 heteroatoms. The van der Waals surface area contributed by atoms with Gasteiger partial charge in [0.2, 0.25) is 0 Å². The van der Waals surface area contributed by atoms with Crippen molar-refractivity contribution in [2.24, 2.45) is 0 Å². The van der Waals surface area contributed by atoms with Crippen molar-refractivity contribution >= 4 is 49.5 Å². The highest BCUT2D eigenvalue weighted by Crippen LogP contribution is 2.51. The molecule has 0 aromatic rings. The summed E-state index contributed by atoms with van der Waals surface area (Å²) in [5.74, 6) is 1.23. The van der Waals surface area contributed by atoms with Gasteiger partial charge in [-0.1, -0.05) is 31.9 Å². The van der Waals surface area contributed by atoms with Gasteiger partial charge in [-0.3, -0.25) is 4.79 Å². The SMILES string of the molecule is O=C1N2CCSC2C1(Br)Br. The molecular formula is C5H5Br2NOS. The molecule has 2 aliphatic rings. The van der Waals surface area contributed by atoms with Gasteiger partial charge >= 0.3 is 0 Å². The molecule has 0 aliphatic carbocycles. The van der Waals surface area contributed by atoms with E-state index in [0.29, 0.717) is 5.37 Å². The first-order chi connectivity index (χ1) is 4.64. The number of carbonyl (C=O) groups is 1. The molecular weight excluding hydrogens is 282 g/mol. The molecule has 0 aromatic carbocycles. The second-order valence-electron chi connectivity index (χ2n) is 2.34. The van der Waals surface area contributed by atoms with Crippen LogP contribution in [0.15, 0.2) is 0 Å². The Hall–Kier alpha value is 0.780. The number of alkyl halides is 2. The van der Waals surface area contributed by atoms with Gasteiger partial charge in [-0.25, -0.2) is 0 Å². The Morgan fingerprint density at radius 2 is 2.40 bits per heavy atom. The summed E-state index contributed by atoms with van der Waals surface area (Å²) in [6.45, 7) is 0.910. The first-order valence-corrected chi connectivity index (χ1v) is 5.58. The standard InChI is InChI=1S/C5H5Br2NOS/c6-5(7)3(9)8-1-2-10-4(5)8/h4H,1-2H2. The maximum Gasteiger partial charge on any atom is 0.254 e. The van der Waals surface area contributed by atoms with Crippen LogP contribution in [0.1, 0.15) is 0 Å². The van der Waals surface area contributed by atoms with E-state index in [1.54, 1.807) is 0 Å². The highest BCUT2D eigenvalue weighted by atomic mass is 79.9. The Balaban J connectivity index is 2.23. The lowest BCUT2D eigenvalue weighted by atomic mass is 10.2. The van der Waals surface area contributed by atoms with Crippen molar-refractivity contribution in [1.29, 1.82) is 0 Å². The number of thioether (sulfide) groups is 1. The molecule has 2 saturated heterocycles. The van der Waals surface area contributed by atoms with E-state index >= 15 is 0 Å². The van der Waals surface area contributed by atoms with E-state index in [2.05, 4.69) is 31.9 Å². The highest BCUT2D eigenvalue weighted by Gasteiger charge is 2.60. The van der Waals surface area contributed by atoms with Crippen LogP contribution >= 0.6 is 43.6 Å². The summed E-state index contributed by atoms with van der Waals surface area (Å²) in [6.07, 6.45) is 0. The number of hydrogen-bond donors (Lipinski definition) is 0. The number of hydrogen-bond acceptors (Lipinski definition) is 2. The van der Waals surface area contributed by atoms with Crippen LogP contribution in [0.25, 0.3) is 0 Å². The topological polar surface area (TPSA) is 20.3 Å². The van der Waals surface area contributed by atoms with E-state index in [4.69, 9.17) is 0 Å². The molecule has 0 radical (unpaired) electrons. The highest BCUT2D eigenvalue weighted by molar-refractivity contribution is 9.26. The monoisotopic (exact) mass is 285 g/mol. The fourth-order valence-electron chi connectivity index (χ4n) is 1.21. The van der Waals surface area contributed by atoms with Crippen LogP contribution in [0.4, 0.5) is 0 Å². The van der Waals surface area contributed by atoms with Crippen molar-refractivity contribution in [3.8, 4) is 0 Å². The molecule has 2 heterocycles. The Morgan fingerprint density at radius 1 is 1.70 bits per heavy atom. The van der Waals surface area contributed by atoms with E-state index in [0.717, 1.165) is 12.3 Å². The van der Waals surface area contributed by atoms with E-state index in [1.165, 1.54) is 0 Å². The Morgan fingerprint density at radius 3 is 3.00 bits per heavy atom. The van der Waals surface area contributed by atoms with Crippen LogP contribution in [0.2, 0.25) is 0 Å². The predicted octanol–water partition coefficient (Wildman–Crippen LogP) is 1.39. The molecule has 0 bridgehead atoms. The first-order valence-electron chi connectivity index (χ1n) is 2.94. The summed E-state index contributed by atoms with van der Waals surface area (Å²) in [6, 6.07) is 0. The Labute approximate surface area is 80.0 Å². The first kappa shape index (κ1) is 7.43. The fraction of sp³-hybridized carbons (Fsp3) is 0.800. The smallest absolute Gasteiger partial charge is 0.254 e. The molecule has 0 N–H and O–H groups in total. The van der Waals surface area contributed by atoms with Crippen molar-refractivity contribution in [2.75, 3.05) is 12.3 Å². The predicted molar refractivity (Wildman–Crippen MR) is 48.5 cm³/mol. The van der Waals surface area contributed by atoms with Gasteiger partial charge in [-0.05, 0) is 0 Å². The van der Waals surface area contributed by atoms with Gasteiger partial charge < -0.3 is 4.90 Å². The minimum Gasteiger partial charge on any atom is -0.325 e. The molecule has 0 spiro atoms. The third-order valence-electron chi connectivity index (χ3n) is 1.75. The number of β-lactam (4-membered cyclic amide) rings is 1. The molecule has 56 valence electrons. The van der Waals surface area contributed by atoms with Gasteiger partial charge in [0.1, 0.15) is 5.37 Å². The van der Waals surface area contributed by atoms with Crippen molar-refractivity contribution in [3.63, 3.8) is 0 Å². The molecule has 0 aromatic heterocycles. The van der Waals surface area contributed by atoms with Gasteiger partial charge in [0.15, 0.2) is 3.23 Å². The van der Waals surface area contributed by atoms with E-state index in [1.807, 2.05) is 16.7 Å². The summed E-state index contributed by atoms with van der Waals surface area (Å²) < 4.78 is -0.443. The van der Waals surface area contributed by atoms with Crippen molar-refractivity contribution in [3.05, 3.63) is 0 Å². The molecule has 2 aliphatic heterocycles. The van der Waals surface area contributed by atoms with Crippen molar-refractivity contribution < 1.29 is 4.79 Å². The lowest BCUT2D eigenvalue weighted by molar-refractivity contribution is -0.140.